The lowest BCUT2D eigenvalue weighted by Crippen LogP contribution is -2.62. The Bertz CT molecular complexity index is 243. The molecular weight excluding hydrogens is 208 g/mol. The molecule has 0 amide bonds. The second-order valence-corrected chi connectivity index (χ2v) is 3.44. The Hall–Kier alpha value is -0.730. The van der Waals surface area contributed by atoms with Crippen LogP contribution in [0.1, 0.15) is 6.92 Å². The lowest BCUT2D eigenvalue weighted by atomic mass is 9.97. The molecule has 0 aromatic heterocycles. The lowest BCUT2D eigenvalue weighted by Gasteiger charge is -2.40. The van der Waals surface area contributed by atoms with Gasteiger partial charge in [-0.3, -0.25) is 4.79 Å². The Morgan fingerprint density at radius 1 is 1.53 bits per heavy atom. The van der Waals surface area contributed by atoms with E-state index in [0.29, 0.717) is 0 Å². The van der Waals surface area contributed by atoms with Crippen LogP contribution in [0, 0.1) is 0 Å². The Labute approximate surface area is 85.9 Å². The minimum atomic E-state index is -2.18. The van der Waals surface area contributed by atoms with Crippen LogP contribution >= 0.6 is 0 Å². The van der Waals surface area contributed by atoms with Crippen molar-refractivity contribution in [3.63, 3.8) is 0 Å². The van der Waals surface area contributed by atoms with E-state index in [1.54, 1.807) is 0 Å². The molecule has 7 heteroatoms. The molecule has 0 bridgehead atoms. The van der Waals surface area contributed by atoms with Crippen molar-refractivity contribution in [3.8, 4) is 0 Å². The van der Waals surface area contributed by atoms with Crippen LogP contribution in [-0.2, 0) is 14.3 Å². The van der Waals surface area contributed by atoms with Crippen LogP contribution in [-0.4, -0.2) is 63.7 Å². The second kappa shape index (κ2) is 4.42. The monoisotopic (exact) mass is 222 g/mol. The van der Waals surface area contributed by atoms with Crippen LogP contribution in [0.5, 0.6) is 0 Å². The van der Waals surface area contributed by atoms with Crippen molar-refractivity contribution < 1.29 is 34.7 Å². The van der Waals surface area contributed by atoms with E-state index in [4.69, 9.17) is 9.84 Å². The molecule has 0 spiro atoms. The van der Waals surface area contributed by atoms with Gasteiger partial charge in [-0.1, -0.05) is 0 Å². The summed E-state index contributed by atoms with van der Waals surface area (Å²) in [5.74, 6) is -2.83. The SMILES string of the molecule is CC(=O)OC[C@]1(O)OC[C@@H](O)[C@@H](O)[C@@H]1O. The Morgan fingerprint density at radius 3 is 2.67 bits per heavy atom. The van der Waals surface area contributed by atoms with E-state index in [1.807, 2.05) is 0 Å². The number of esters is 1. The molecule has 0 unspecified atom stereocenters. The van der Waals surface area contributed by atoms with Gasteiger partial charge in [-0.15, -0.1) is 0 Å². The number of carbonyl (C=O) groups excluding carboxylic acids is 1. The number of rotatable bonds is 2. The zero-order chi connectivity index (χ0) is 11.6. The Kier molecular flexibility index (Phi) is 3.63. The van der Waals surface area contributed by atoms with Crippen molar-refractivity contribution in [1.82, 2.24) is 0 Å². The van der Waals surface area contributed by atoms with Crippen LogP contribution in [0.25, 0.3) is 0 Å². The standard InChI is InChI=1S/C8H14O7/c1-4(9)14-3-8(13)7(12)6(11)5(10)2-15-8/h5-7,10-13H,2-3H2,1H3/t5-,6-,7+,8+/m1/s1. The van der Waals surface area contributed by atoms with Gasteiger partial charge in [0, 0.05) is 6.92 Å². The highest BCUT2D eigenvalue weighted by molar-refractivity contribution is 5.65. The van der Waals surface area contributed by atoms with E-state index in [0.717, 1.165) is 6.92 Å². The van der Waals surface area contributed by atoms with Crippen LogP contribution in [0.3, 0.4) is 0 Å². The van der Waals surface area contributed by atoms with Crippen molar-refractivity contribution in [3.05, 3.63) is 0 Å². The van der Waals surface area contributed by atoms with Crippen molar-refractivity contribution in [2.24, 2.45) is 0 Å². The van der Waals surface area contributed by atoms with E-state index in [9.17, 15) is 20.1 Å². The molecule has 1 rings (SSSR count). The fraction of sp³-hybridized carbons (Fsp3) is 0.875. The summed E-state index contributed by atoms with van der Waals surface area (Å²) in [6.45, 7) is 0.174. The zero-order valence-electron chi connectivity index (χ0n) is 8.16. The van der Waals surface area contributed by atoms with Gasteiger partial charge in [0.05, 0.1) is 6.61 Å². The summed E-state index contributed by atoms with van der Waals surface area (Å²) >= 11 is 0. The predicted octanol–water partition coefficient (Wildman–Crippen LogP) is -2.65. The number of aliphatic hydroxyl groups is 4. The summed E-state index contributed by atoms with van der Waals surface area (Å²) in [4.78, 5) is 10.5. The molecule has 1 aliphatic heterocycles. The Morgan fingerprint density at radius 2 is 2.13 bits per heavy atom. The van der Waals surface area contributed by atoms with E-state index in [2.05, 4.69) is 4.74 Å². The van der Waals surface area contributed by atoms with Gasteiger partial charge in [-0.2, -0.15) is 0 Å². The van der Waals surface area contributed by atoms with Gasteiger partial charge in [0.15, 0.2) is 0 Å². The minimum absolute atomic E-state index is 0.351. The third-order valence-corrected chi connectivity index (χ3v) is 2.17. The first kappa shape index (κ1) is 12.3. The van der Waals surface area contributed by atoms with Gasteiger partial charge < -0.3 is 29.9 Å². The lowest BCUT2D eigenvalue weighted by molar-refractivity contribution is -0.332. The highest BCUT2D eigenvalue weighted by Crippen LogP contribution is 2.24. The topological polar surface area (TPSA) is 116 Å². The van der Waals surface area contributed by atoms with E-state index in [-0.39, 0.29) is 6.61 Å². The van der Waals surface area contributed by atoms with Crippen LogP contribution < -0.4 is 0 Å². The zero-order valence-corrected chi connectivity index (χ0v) is 8.16. The highest BCUT2D eigenvalue weighted by atomic mass is 16.7. The first-order chi connectivity index (χ1) is 6.87. The average Bonchev–Trinajstić information content (AvgIpc) is 2.19. The number of hydrogen-bond acceptors (Lipinski definition) is 7. The maximum Gasteiger partial charge on any atom is 0.302 e. The third kappa shape index (κ3) is 2.64. The molecule has 0 aromatic carbocycles. The summed E-state index contributed by atoms with van der Waals surface area (Å²) in [5, 5.41) is 37.4. The molecule has 0 aliphatic carbocycles. The summed E-state index contributed by atoms with van der Waals surface area (Å²) in [6.07, 6.45) is -4.56. The molecule has 88 valence electrons. The molecular formula is C8H14O7. The van der Waals surface area contributed by atoms with Crippen LogP contribution in [0.2, 0.25) is 0 Å². The summed E-state index contributed by atoms with van der Waals surface area (Å²) in [5.41, 5.74) is 0. The first-order valence-corrected chi connectivity index (χ1v) is 4.41. The second-order valence-electron chi connectivity index (χ2n) is 3.44. The molecule has 4 atom stereocenters. The number of carbonyl (C=O) groups is 1. The van der Waals surface area contributed by atoms with Crippen molar-refractivity contribution >= 4 is 5.97 Å². The molecule has 1 saturated heterocycles. The summed E-state index contributed by atoms with van der Waals surface area (Å²) in [6, 6.07) is 0. The van der Waals surface area contributed by atoms with E-state index >= 15 is 0 Å². The number of aliphatic hydroxyl groups excluding tert-OH is 3. The van der Waals surface area contributed by atoms with Gasteiger partial charge >= 0.3 is 5.97 Å². The van der Waals surface area contributed by atoms with E-state index in [1.165, 1.54) is 0 Å². The molecule has 15 heavy (non-hydrogen) atoms. The fourth-order valence-corrected chi connectivity index (χ4v) is 1.22. The van der Waals surface area contributed by atoms with Gasteiger partial charge in [0.1, 0.15) is 24.9 Å². The molecule has 0 saturated carbocycles. The van der Waals surface area contributed by atoms with E-state index < -0.39 is 36.7 Å². The Balaban J connectivity index is 2.63. The van der Waals surface area contributed by atoms with Gasteiger partial charge in [0.2, 0.25) is 5.79 Å². The third-order valence-electron chi connectivity index (χ3n) is 2.17. The number of ether oxygens (including phenoxy) is 2. The van der Waals surface area contributed by atoms with Crippen LogP contribution in [0.4, 0.5) is 0 Å². The molecule has 4 N–H and O–H groups in total. The maximum atomic E-state index is 10.5. The quantitative estimate of drug-likeness (QED) is 0.377. The smallest absolute Gasteiger partial charge is 0.302 e. The fourth-order valence-electron chi connectivity index (χ4n) is 1.22. The molecule has 7 nitrogen and oxygen atoms in total. The van der Waals surface area contributed by atoms with Crippen molar-refractivity contribution in [2.45, 2.75) is 31.0 Å². The molecule has 0 radical (unpaired) electrons. The van der Waals surface area contributed by atoms with Crippen molar-refractivity contribution in [1.29, 1.82) is 0 Å². The normalized spacial score (nSPS) is 41.3. The average molecular weight is 222 g/mol. The molecule has 0 aromatic rings. The van der Waals surface area contributed by atoms with Crippen molar-refractivity contribution in [2.75, 3.05) is 13.2 Å². The summed E-state index contributed by atoms with van der Waals surface area (Å²) < 4.78 is 9.20. The first-order valence-electron chi connectivity index (χ1n) is 4.41. The molecule has 1 aliphatic rings. The van der Waals surface area contributed by atoms with Gasteiger partial charge in [-0.25, -0.2) is 0 Å². The van der Waals surface area contributed by atoms with Gasteiger partial charge in [-0.05, 0) is 0 Å². The van der Waals surface area contributed by atoms with Crippen LogP contribution in [0.15, 0.2) is 0 Å². The summed E-state index contributed by atoms with van der Waals surface area (Å²) in [7, 11) is 0. The molecule has 1 heterocycles. The number of hydrogen-bond donors (Lipinski definition) is 4. The predicted molar refractivity (Wildman–Crippen MR) is 45.6 cm³/mol. The molecule has 1 fully saturated rings. The largest absolute Gasteiger partial charge is 0.460 e. The highest BCUT2D eigenvalue weighted by Gasteiger charge is 2.49. The minimum Gasteiger partial charge on any atom is -0.460 e. The maximum absolute atomic E-state index is 10.5. The van der Waals surface area contributed by atoms with Gasteiger partial charge in [0.25, 0.3) is 0 Å².